The van der Waals surface area contributed by atoms with Crippen molar-refractivity contribution in [3.63, 3.8) is 0 Å². The maximum absolute atomic E-state index is 13.1. The predicted molar refractivity (Wildman–Crippen MR) is 121 cm³/mol. The summed E-state index contributed by atoms with van der Waals surface area (Å²) >= 11 is 6.13. The number of fused-ring (bicyclic) bond motifs is 1. The first-order valence-corrected chi connectivity index (χ1v) is 11.4. The van der Waals surface area contributed by atoms with Gasteiger partial charge >= 0.3 is 0 Å². The molecule has 2 aromatic rings. The number of amides is 1. The highest BCUT2D eigenvalue weighted by Crippen LogP contribution is 2.33. The zero-order valence-electron chi connectivity index (χ0n) is 17.6. The second kappa shape index (κ2) is 8.97. The van der Waals surface area contributed by atoms with E-state index in [2.05, 4.69) is 32.9 Å². The number of carbonyl (C=O) groups excluding carboxylic acids is 1. The third kappa shape index (κ3) is 4.60. The Morgan fingerprint density at radius 1 is 0.935 bits per heavy atom. The summed E-state index contributed by atoms with van der Waals surface area (Å²) in [5.74, 6) is 2.11. The van der Waals surface area contributed by atoms with Gasteiger partial charge in [-0.3, -0.25) is 9.69 Å². The fraction of sp³-hybridized carbons (Fsp3) is 0.458. The second-order valence-corrected chi connectivity index (χ2v) is 8.97. The molecule has 2 saturated heterocycles. The van der Waals surface area contributed by atoms with E-state index in [-0.39, 0.29) is 5.92 Å². The Morgan fingerprint density at radius 2 is 1.71 bits per heavy atom. The second-order valence-electron chi connectivity index (χ2n) is 8.53. The minimum absolute atomic E-state index is 0.135. The molecule has 2 fully saturated rings. The molecule has 3 heterocycles. The molecule has 0 aromatic heterocycles. The molecule has 3 aliphatic rings. The molecule has 3 aliphatic heterocycles. The van der Waals surface area contributed by atoms with Gasteiger partial charge in [-0.1, -0.05) is 23.7 Å². The van der Waals surface area contributed by atoms with Crippen molar-refractivity contribution in [2.24, 2.45) is 5.92 Å². The monoisotopic (exact) mass is 441 g/mol. The Morgan fingerprint density at radius 3 is 2.48 bits per heavy atom. The summed E-state index contributed by atoms with van der Waals surface area (Å²) in [6, 6.07) is 14.1. The number of anilines is 1. The predicted octanol–water partition coefficient (Wildman–Crippen LogP) is 3.63. The van der Waals surface area contributed by atoms with E-state index in [0.717, 1.165) is 80.9 Å². The normalized spacial score (nSPS) is 19.6. The van der Waals surface area contributed by atoms with Crippen LogP contribution >= 0.6 is 11.6 Å². The molecule has 0 N–H and O–H groups in total. The molecule has 2 aromatic carbocycles. The first-order valence-electron chi connectivity index (χ1n) is 11.1. The summed E-state index contributed by atoms with van der Waals surface area (Å²) in [6.45, 7) is 6.40. The van der Waals surface area contributed by atoms with Crippen LogP contribution in [0.2, 0.25) is 5.02 Å². The van der Waals surface area contributed by atoms with Gasteiger partial charge in [0.25, 0.3) is 0 Å². The lowest BCUT2D eigenvalue weighted by atomic mass is 9.94. The minimum atomic E-state index is 0.135. The van der Waals surface area contributed by atoms with Crippen molar-refractivity contribution >= 4 is 23.2 Å². The molecule has 31 heavy (non-hydrogen) atoms. The zero-order valence-corrected chi connectivity index (χ0v) is 18.4. The quantitative estimate of drug-likeness (QED) is 0.725. The highest BCUT2D eigenvalue weighted by Gasteiger charge is 2.30. The number of hydrogen-bond donors (Lipinski definition) is 0. The van der Waals surface area contributed by atoms with E-state index >= 15 is 0 Å². The molecule has 0 bridgehead atoms. The van der Waals surface area contributed by atoms with Crippen molar-refractivity contribution in [1.82, 2.24) is 9.80 Å². The van der Waals surface area contributed by atoms with Crippen LogP contribution in [0.3, 0.4) is 0 Å². The van der Waals surface area contributed by atoms with Gasteiger partial charge in [-0.15, -0.1) is 0 Å². The van der Waals surface area contributed by atoms with Crippen LogP contribution in [-0.2, 0) is 11.3 Å². The first-order chi connectivity index (χ1) is 15.2. The Balaban J connectivity index is 1.10. The molecule has 5 rings (SSSR count). The van der Waals surface area contributed by atoms with Crippen LogP contribution in [0.5, 0.6) is 11.5 Å². The number of halogens is 1. The van der Waals surface area contributed by atoms with Crippen molar-refractivity contribution in [2.75, 3.05) is 51.0 Å². The van der Waals surface area contributed by atoms with Gasteiger partial charge in [-0.25, -0.2) is 0 Å². The molecule has 0 saturated carbocycles. The van der Waals surface area contributed by atoms with E-state index in [1.54, 1.807) is 0 Å². The number of benzene rings is 2. The van der Waals surface area contributed by atoms with Gasteiger partial charge in [0.1, 0.15) is 0 Å². The molecule has 0 aliphatic carbocycles. The van der Waals surface area contributed by atoms with E-state index in [9.17, 15) is 4.79 Å². The third-order valence-corrected chi connectivity index (χ3v) is 6.78. The van der Waals surface area contributed by atoms with E-state index in [4.69, 9.17) is 21.1 Å². The van der Waals surface area contributed by atoms with Gasteiger partial charge in [0.15, 0.2) is 11.5 Å². The summed E-state index contributed by atoms with van der Waals surface area (Å²) in [4.78, 5) is 19.9. The average molecular weight is 442 g/mol. The largest absolute Gasteiger partial charge is 0.454 e. The average Bonchev–Trinajstić information content (AvgIpc) is 3.27. The van der Waals surface area contributed by atoms with Crippen molar-refractivity contribution in [2.45, 2.75) is 19.4 Å². The number of carbonyl (C=O) groups is 1. The summed E-state index contributed by atoms with van der Waals surface area (Å²) in [5, 5.41) is 0.759. The molecular formula is C24H28ClN3O3. The molecule has 6 nitrogen and oxygen atoms in total. The number of piperidine rings is 1. The maximum atomic E-state index is 13.1. The first kappa shape index (κ1) is 20.5. The van der Waals surface area contributed by atoms with E-state index in [1.807, 2.05) is 24.3 Å². The molecule has 0 atom stereocenters. The van der Waals surface area contributed by atoms with Crippen molar-refractivity contribution in [1.29, 1.82) is 0 Å². The Hall–Kier alpha value is -2.44. The van der Waals surface area contributed by atoms with Crippen LogP contribution in [0.4, 0.5) is 5.69 Å². The van der Waals surface area contributed by atoms with Gasteiger partial charge in [-0.05, 0) is 48.7 Å². The van der Waals surface area contributed by atoms with Gasteiger partial charge in [0.2, 0.25) is 12.7 Å². The standard InChI is InChI=1S/C24H28ClN3O3/c25-20-2-1-3-21(15-20)27-8-6-19(7-9-27)24(29)28-12-10-26(11-13-28)16-18-4-5-22-23(14-18)31-17-30-22/h1-5,14-15,19H,6-13,16-17H2. The number of rotatable bonds is 4. The molecule has 0 spiro atoms. The number of nitrogens with zero attached hydrogens (tertiary/aromatic N) is 3. The third-order valence-electron chi connectivity index (χ3n) is 6.54. The zero-order chi connectivity index (χ0) is 21.2. The lowest BCUT2D eigenvalue weighted by Gasteiger charge is -2.39. The minimum Gasteiger partial charge on any atom is -0.454 e. The molecule has 1 amide bonds. The maximum Gasteiger partial charge on any atom is 0.231 e. The van der Waals surface area contributed by atoms with Crippen molar-refractivity contribution in [3.05, 3.63) is 53.1 Å². The van der Waals surface area contributed by atoms with Crippen LogP contribution in [0, 0.1) is 5.92 Å². The number of hydrogen-bond acceptors (Lipinski definition) is 5. The molecule has 164 valence electrons. The summed E-state index contributed by atoms with van der Waals surface area (Å²) < 4.78 is 10.9. The van der Waals surface area contributed by atoms with Gasteiger partial charge < -0.3 is 19.3 Å². The number of ether oxygens (including phenoxy) is 2. The van der Waals surface area contributed by atoms with E-state index in [0.29, 0.717) is 12.7 Å². The van der Waals surface area contributed by atoms with Gasteiger partial charge in [-0.2, -0.15) is 0 Å². The van der Waals surface area contributed by atoms with Crippen molar-refractivity contribution < 1.29 is 14.3 Å². The van der Waals surface area contributed by atoms with Crippen LogP contribution < -0.4 is 14.4 Å². The molecule has 0 radical (unpaired) electrons. The topological polar surface area (TPSA) is 45.3 Å². The lowest BCUT2D eigenvalue weighted by molar-refractivity contribution is -0.138. The fourth-order valence-corrected chi connectivity index (χ4v) is 4.92. The molecule has 0 unspecified atom stereocenters. The Bertz CT molecular complexity index is 937. The SMILES string of the molecule is O=C(C1CCN(c2cccc(Cl)c2)CC1)N1CCN(Cc2ccc3c(c2)OCO3)CC1. The van der Waals surface area contributed by atoms with Gasteiger partial charge in [0.05, 0.1) is 0 Å². The molecular weight excluding hydrogens is 414 g/mol. The van der Waals surface area contributed by atoms with Crippen LogP contribution in [0.25, 0.3) is 0 Å². The fourth-order valence-electron chi connectivity index (χ4n) is 4.74. The Kier molecular flexibility index (Phi) is 5.92. The van der Waals surface area contributed by atoms with E-state index < -0.39 is 0 Å². The van der Waals surface area contributed by atoms with Gasteiger partial charge in [0, 0.05) is 62.4 Å². The smallest absolute Gasteiger partial charge is 0.231 e. The summed E-state index contributed by atoms with van der Waals surface area (Å²) in [6.07, 6.45) is 1.81. The Labute approximate surface area is 188 Å². The lowest BCUT2D eigenvalue weighted by Crippen LogP contribution is -2.51. The van der Waals surface area contributed by atoms with Crippen LogP contribution in [0.1, 0.15) is 18.4 Å². The number of piperazine rings is 1. The van der Waals surface area contributed by atoms with Crippen LogP contribution in [0.15, 0.2) is 42.5 Å². The highest BCUT2D eigenvalue weighted by molar-refractivity contribution is 6.30. The van der Waals surface area contributed by atoms with Crippen LogP contribution in [-0.4, -0.2) is 61.8 Å². The summed E-state index contributed by atoms with van der Waals surface area (Å²) in [7, 11) is 0. The van der Waals surface area contributed by atoms with E-state index in [1.165, 1.54) is 5.56 Å². The summed E-state index contributed by atoms with van der Waals surface area (Å²) in [5.41, 5.74) is 2.37. The van der Waals surface area contributed by atoms with Crippen molar-refractivity contribution in [3.8, 4) is 11.5 Å². The highest BCUT2D eigenvalue weighted by atomic mass is 35.5. The molecule has 7 heteroatoms.